The molecule has 0 atom stereocenters. The van der Waals surface area contributed by atoms with Gasteiger partial charge in [0.2, 0.25) is 0 Å². The Morgan fingerprint density at radius 2 is 2.17 bits per heavy atom. The second kappa shape index (κ2) is 3.55. The van der Waals surface area contributed by atoms with E-state index in [1.807, 2.05) is 34.1 Å². The van der Waals surface area contributed by atoms with Crippen LogP contribution in [0.3, 0.4) is 0 Å². The number of fused-ring (bicyclic) bond motifs is 2. The molecule has 0 bridgehead atoms. The van der Waals surface area contributed by atoms with E-state index in [0.717, 1.165) is 17.2 Å². The monoisotopic (exact) mass is 256 g/mol. The predicted molar refractivity (Wildman–Crippen MR) is 72.7 cm³/mol. The number of hydrogen-bond donors (Lipinski definition) is 1. The summed E-state index contributed by atoms with van der Waals surface area (Å²) < 4.78 is 1.97. The first-order valence-corrected chi connectivity index (χ1v) is 6.85. The first-order valence-electron chi connectivity index (χ1n) is 6.03. The van der Waals surface area contributed by atoms with Gasteiger partial charge in [0.15, 0.2) is 11.5 Å². The van der Waals surface area contributed by atoms with Gasteiger partial charge < -0.3 is 5.73 Å². The Hall–Kier alpha value is -1.88. The highest BCUT2D eigenvalue weighted by molar-refractivity contribution is 7.15. The van der Waals surface area contributed by atoms with Crippen LogP contribution < -0.4 is 5.73 Å². The number of pyridine rings is 1. The summed E-state index contributed by atoms with van der Waals surface area (Å²) in [4.78, 5) is 2.70. The van der Waals surface area contributed by atoms with Crippen LogP contribution in [0.1, 0.15) is 16.9 Å². The highest BCUT2D eigenvalue weighted by atomic mass is 32.1. The molecule has 0 radical (unpaired) electrons. The SMILES string of the molecule is Nc1ccc2nnc(-c3cc4c(s3)CCC4)n2c1. The van der Waals surface area contributed by atoms with Crippen molar-refractivity contribution in [3.8, 4) is 10.7 Å². The summed E-state index contributed by atoms with van der Waals surface area (Å²) in [6.45, 7) is 0. The Morgan fingerprint density at radius 3 is 3.06 bits per heavy atom. The minimum Gasteiger partial charge on any atom is -0.398 e. The summed E-state index contributed by atoms with van der Waals surface area (Å²) in [5.74, 6) is 0.900. The maximum absolute atomic E-state index is 5.83. The molecular formula is C13H12N4S. The Balaban J connectivity index is 1.93. The van der Waals surface area contributed by atoms with Crippen LogP contribution in [0.25, 0.3) is 16.3 Å². The van der Waals surface area contributed by atoms with Gasteiger partial charge >= 0.3 is 0 Å². The fourth-order valence-corrected chi connectivity index (χ4v) is 3.75. The molecule has 1 aliphatic rings. The summed E-state index contributed by atoms with van der Waals surface area (Å²) in [6.07, 6.45) is 5.58. The van der Waals surface area contributed by atoms with Gasteiger partial charge in [0, 0.05) is 16.8 Å². The van der Waals surface area contributed by atoms with E-state index in [-0.39, 0.29) is 0 Å². The van der Waals surface area contributed by atoms with E-state index in [4.69, 9.17) is 5.73 Å². The molecule has 4 nitrogen and oxygen atoms in total. The van der Waals surface area contributed by atoms with E-state index in [1.54, 1.807) is 0 Å². The first kappa shape index (κ1) is 10.1. The summed E-state index contributed by atoms with van der Waals surface area (Å²) in [5, 5.41) is 8.47. The predicted octanol–water partition coefficient (Wildman–Crippen LogP) is 2.53. The van der Waals surface area contributed by atoms with Crippen LogP contribution in [0.4, 0.5) is 5.69 Å². The van der Waals surface area contributed by atoms with Crippen molar-refractivity contribution in [1.82, 2.24) is 14.6 Å². The molecule has 0 spiro atoms. The molecular weight excluding hydrogens is 244 g/mol. The standard InChI is InChI=1S/C13H12N4S/c14-9-4-5-12-15-16-13(17(12)7-9)11-6-8-2-1-3-10(8)18-11/h4-7H,1-3,14H2. The number of nitrogen functional groups attached to an aromatic ring is 1. The van der Waals surface area contributed by atoms with Gasteiger partial charge in [-0.1, -0.05) is 0 Å². The smallest absolute Gasteiger partial charge is 0.178 e. The lowest BCUT2D eigenvalue weighted by molar-refractivity contribution is 0.914. The molecule has 0 unspecified atom stereocenters. The normalized spacial score (nSPS) is 14.2. The van der Waals surface area contributed by atoms with Crippen molar-refractivity contribution in [2.24, 2.45) is 0 Å². The van der Waals surface area contributed by atoms with Crippen molar-refractivity contribution < 1.29 is 0 Å². The van der Waals surface area contributed by atoms with Crippen LogP contribution in [-0.4, -0.2) is 14.6 Å². The second-order valence-electron chi connectivity index (χ2n) is 4.63. The molecule has 0 fully saturated rings. The van der Waals surface area contributed by atoms with Crippen molar-refractivity contribution in [3.05, 3.63) is 34.8 Å². The van der Waals surface area contributed by atoms with Crippen LogP contribution in [0.15, 0.2) is 24.4 Å². The van der Waals surface area contributed by atoms with E-state index in [1.165, 1.54) is 34.6 Å². The highest BCUT2D eigenvalue weighted by Gasteiger charge is 2.18. The molecule has 90 valence electrons. The molecule has 3 aromatic rings. The zero-order chi connectivity index (χ0) is 12.1. The lowest BCUT2D eigenvalue weighted by Crippen LogP contribution is -1.91. The molecule has 1 aliphatic carbocycles. The van der Waals surface area contributed by atoms with Crippen LogP contribution in [0.2, 0.25) is 0 Å². The van der Waals surface area contributed by atoms with E-state index in [9.17, 15) is 0 Å². The molecule has 4 rings (SSSR count). The Kier molecular flexibility index (Phi) is 1.99. The summed E-state index contributed by atoms with van der Waals surface area (Å²) in [7, 11) is 0. The molecule has 0 aliphatic heterocycles. The van der Waals surface area contributed by atoms with Gasteiger partial charge in [-0.25, -0.2) is 0 Å². The average Bonchev–Trinajstić information content (AvgIpc) is 2.99. The zero-order valence-corrected chi connectivity index (χ0v) is 10.6. The summed E-state index contributed by atoms with van der Waals surface area (Å²) >= 11 is 1.84. The number of hydrogen-bond acceptors (Lipinski definition) is 4. The minimum atomic E-state index is 0.729. The summed E-state index contributed by atoms with van der Waals surface area (Å²) in [5.41, 5.74) is 8.88. The third-order valence-electron chi connectivity index (χ3n) is 3.39. The van der Waals surface area contributed by atoms with Crippen molar-refractivity contribution in [2.45, 2.75) is 19.3 Å². The van der Waals surface area contributed by atoms with Gasteiger partial charge in [-0.3, -0.25) is 4.40 Å². The molecule has 0 saturated heterocycles. The van der Waals surface area contributed by atoms with Crippen molar-refractivity contribution >= 4 is 22.7 Å². The fourth-order valence-electron chi connectivity index (χ4n) is 2.51. The lowest BCUT2D eigenvalue weighted by atomic mass is 10.2. The quantitative estimate of drug-likeness (QED) is 0.728. The Bertz CT molecular complexity index is 719. The van der Waals surface area contributed by atoms with Crippen LogP contribution >= 0.6 is 11.3 Å². The van der Waals surface area contributed by atoms with E-state index < -0.39 is 0 Å². The van der Waals surface area contributed by atoms with Crippen molar-refractivity contribution in [3.63, 3.8) is 0 Å². The number of anilines is 1. The third kappa shape index (κ3) is 1.37. The molecule has 18 heavy (non-hydrogen) atoms. The molecule has 5 heteroatoms. The lowest BCUT2D eigenvalue weighted by Gasteiger charge is -1.98. The molecule has 2 N–H and O–H groups in total. The third-order valence-corrected chi connectivity index (χ3v) is 4.63. The molecule has 3 aromatic heterocycles. The van der Waals surface area contributed by atoms with Crippen LogP contribution in [0, 0.1) is 0 Å². The number of nitrogens with zero attached hydrogens (tertiary/aromatic N) is 3. The summed E-state index contributed by atoms with van der Waals surface area (Å²) in [6, 6.07) is 6.00. The average molecular weight is 256 g/mol. The highest BCUT2D eigenvalue weighted by Crippen LogP contribution is 2.35. The second-order valence-corrected chi connectivity index (χ2v) is 5.76. The van der Waals surface area contributed by atoms with Crippen molar-refractivity contribution in [2.75, 3.05) is 5.73 Å². The molecule has 3 heterocycles. The molecule has 0 saturated carbocycles. The van der Waals surface area contributed by atoms with Crippen LogP contribution in [0.5, 0.6) is 0 Å². The minimum absolute atomic E-state index is 0.729. The van der Waals surface area contributed by atoms with E-state index in [2.05, 4.69) is 16.3 Å². The van der Waals surface area contributed by atoms with Gasteiger partial charge in [0.25, 0.3) is 0 Å². The van der Waals surface area contributed by atoms with Crippen LogP contribution in [-0.2, 0) is 12.8 Å². The van der Waals surface area contributed by atoms with Gasteiger partial charge in [0.05, 0.1) is 4.88 Å². The maximum Gasteiger partial charge on any atom is 0.178 e. The number of aromatic nitrogens is 3. The first-order chi connectivity index (χ1) is 8.81. The van der Waals surface area contributed by atoms with Gasteiger partial charge in [-0.05, 0) is 43.0 Å². The van der Waals surface area contributed by atoms with Gasteiger partial charge in [0.1, 0.15) is 0 Å². The number of aryl methyl sites for hydroxylation is 2. The van der Waals surface area contributed by atoms with E-state index >= 15 is 0 Å². The zero-order valence-electron chi connectivity index (χ0n) is 9.76. The largest absolute Gasteiger partial charge is 0.398 e. The number of rotatable bonds is 1. The molecule has 0 amide bonds. The van der Waals surface area contributed by atoms with Gasteiger partial charge in [-0.2, -0.15) is 0 Å². The Morgan fingerprint density at radius 1 is 1.22 bits per heavy atom. The van der Waals surface area contributed by atoms with Crippen molar-refractivity contribution in [1.29, 1.82) is 0 Å². The number of nitrogens with two attached hydrogens (primary N) is 1. The van der Waals surface area contributed by atoms with Gasteiger partial charge in [-0.15, -0.1) is 21.5 Å². The maximum atomic E-state index is 5.83. The van der Waals surface area contributed by atoms with E-state index in [0.29, 0.717) is 0 Å². The topological polar surface area (TPSA) is 56.2 Å². The Labute approximate surface area is 108 Å². The molecule has 0 aromatic carbocycles. The fraction of sp³-hybridized carbons (Fsp3) is 0.231. The number of thiophene rings is 1.